The van der Waals surface area contributed by atoms with Gasteiger partial charge in [-0.1, -0.05) is 6.92 Å². The quantitative estimate of drug-likeness (QED) is 0.357. The van der Waals surface area contributed by atoms with Crippen molar-refractivity contribution < 1.29 is 36.9 Å². The second kappa shape index (κ2) is 14.3. The smallest absolute Gasteiger partial charge is 0.425 e. The fourth-order valence-electron chi connectivity index (χ4n) is 5.58. The molecule has 2 N–H and O–H groups in total. The molecule has 0 spiro atoms. The molecule has 0 saturated carbocycles. The third kappa shape index (κ3) is 9.07. The maximum Gasteiger partial charge on any atom is 0.425 e. The number of nitrogens with two attached hydrogens (primary N) is 1. The highest BCUT2D eigenvalue weighted by molar-refractivity contribution is 7.87. The summed E-state index contributed by atoms with van der Waals surface area (Å²) in [7, 11) is -2.66. The number of aromatic nitrogens is 1. The van der Waals surface area contributed by atoms with Gasteiger partial charge in [0.15, 0.2) is 17.8 Å². The molecule has 4 rings (SSSR count). The monoisotopic (exact) mass is 622 g/mol. The van der Waals surface area contributed by atoms with E-state index in [-0.39, 0.29) is 24.7 Å². The summed E-state index contributed by atoms with van der Waals surface area (Å²) in [4.78, 5) is 19.5. The van der Waals surface area contributed by atoms with Crippen molar-refractivity contribution in [3.63, 3.8) is 0 Å². The molecule has 2 unspecified atom stereocenters. The molecule has 2 saturated heterocycles. The van der Waals surface area contributed by atoms with Crippen molar-refractivity contribution >= 4 is 32.9 Å². The van der Waals surface area contributed by atoms with E-state index in [1.54, 1.807) is 34.1 Å². The highest BCUT2D eigenvalue weighted by Gasteiger charge is 2.34. The average Bonchev–Trinajstić information content (AvgIpc) is 2.96. The third-order valence-electron chi connectivity index (χ3n) is 7.83. The van der Waals surface area contributed by atoms with Crippen LogP contribution in [0.2, 0.25) is 0 Å². The van der Waals surface area contributed by atoms with Gasteiger partial charge in [-0.25, -0.2) is 9.93 Å². The Morgan fingerprint density at radius 1 is 1.16 bits per heavy atom. The highest BCUT2D eigenvalue weighted by atomic mass is 32.2. The van der Waals surface area contributed by atoms with Crippen molar-refractivity contribution in [2.24, 2.45) is 17.0 Å². The minimum Gasteiger partial charge on any atom is -0.493 e. The lowest BCUT2D eigenvalue weighted by molar-refractivity contribution is -0.165. The molecule has 1 aromatic carbocycles. The summed E-state index contributed by atoms with van der Waals surface area (Å²) in [6.07, 6.45) is 5.38. The van der Waals surface area contributed by atoms with Crippen LogP contribution in [0.25, 0.3) is 10.9 Å². The molecule has 43 heavy (non-hydrogen) atoms. The number of fused-ring (bicyclic) bond motifs is 1. The Labute approximate surface area is 254 Å². The normalized spacial score (nSPS) is 19.2. The number of hydrogen-bond donors (Lipinski definition) is 1. The number of hydrogen-bond acceptors (Lipinski definition) is 10. The zero-order valence-corrected chi connectivity index (χ0v) is 26.7. The van der Waals surface area contributed by atoms with E-state index in [4.69, 9.17) is 28.8 Å². The summed E-state index contributed by atoms with van der Waals surface area (Å²) in [5.41, 5.74) is 0.995. The van der Waals surface area contributed by atoms with Crippen LogP contribution in [0, 0.1) is 11.8 Å². The maximum atomic E-state index is 12.6. The number of carbonyl (C=O) groups is 1. The largest absolute Gasteiger partial charge is 0.493 e. The van der Waals surface area contributed by atoms with Crippen LogP contribution in [-0.4, -0.2) is 82.3 Å². The Morgan fingerprint density at radius 2 is 1.91 bits per heavy atom. The number of rotatable bonds is 11. The van der Waals surface area contributed by atoms with Crippen molar-refractivity contribution in [2.45, 2.75) is 71.7 Å². The maximum absolute atomic E-state index is 12.6. The van der Waals surface area contributed by atoms with E-state index < -0.39 is 21.9 Å². The number of methoxy groups -OCH3 is 1. The van der Waals surface area contributed by atoms with Crippen LogP contribution in [-0.2, 0) is 24.4 Å². The predicted molar refractivity (Wildman–Crippen MR) is 163 cm³/mol. The molecule has 2 atom stereocenters. The van der Waals surface area contributed by atoms with Gasteiger partial charge in [0.05, 0.1) is 19.2 Å². The lowest BCUT2D eigenvalue weighted by Gasteiger charge is -2.37. The zero-order chi connectivity index (χ0) is 31.2. The van der Waals surface area contributed by atoms with Gasteiger partial charge in [-0.2, -0.15) is 12.7 Å². The molecule has 0 radical (unpaired) electrons. The molecule has 0 aliphatic carbocycles. The fraction of sp³-hybridized carbons (Fsp3) is 0.667. The van der Waals surface area contributed by atoms with Crippen molar-refractivity contribution in [2.75, 3.05) is 51.5 Å². The molecule has 240 valence electrons. The summed E-state index contributed by atoms with van der Waals surface area (Å²) in [6.45, 7) is 9.98. The number of nitrogens with zero attached hydrogens (tertiary/aromatic N) is 3. The summed E-state index contributed by atoms with van der Waals surface area (Å²) in [5.74, 6) is 1.31. The zero-order valence-electron chi connectivity index (χ0n) is 25.9. The van der Waals surface area contributed by atoms with E-state index >= 15 is 0 Å². The summed E-state index contributed by atoms with van der Waals surface area (Å²) in [6, 6.07) is 5.84. The number of piperidine rings is 1. The third-order valence-corrected chi connectivity index (χ3v) is 8.74. The Kier molecular flexibility index (Phi) is 11.0. The van der Waals surface area contributed by atoms with Gasteiger partial charge in [-0.3, -0.25) is 4.98 Å². The second-order valence-corrected chi connectivity index (χ2v) is 13.7. The van der Waals surface area contributed by atoms with Gasteiger partial charge < -0.3 is 28.6 Å². The molecule has 12 nitrogen and oxygen atoms in total. The number of ether oxygens (including phenoxy) is 5. The van der Waals surface area contributed by atoms with Crippen molar-refractivity contribution in [1.29, 1.82) is 0 Å². The first-order valence-electron chi connectivity index (χ1n) is 15.0. The summed E-state index contributed by atoms with van der Waals surface area (Å²) >= 11 is 0. The van der Waals surface area contributed by atoms with Crippen molar-refractivity contribution in [3.05, 3.63) is 24.4 Å². The van der Waals surface area contributed by atoms with Crippen LogP contribution in [0.1, 0.15) is 59.8 Å². The lowest BCUT2D eigenvalue weighted by atomic mass is 9.85. The molecule has 1 aromatic heterocycles. The van der Waals surface area contributed by atoms with Gasteiger partial charge in [-0.05, 0) is 76.8 Å². The van der Waals surface area contributed by atoms with Gasteiger partial charge in [0.2, 0.25) is 0 Å². The molecule has 13 heteroatoms. The molecular weight excluding hydrogens is 576 g/mol. The first-order valence-corrected chi connectivity index (χ1v) is 16.5. The molecule has 0 bridgehead atoms. The predicted octanol–water partition coefficient (Wildman–Crippen LogP) is 4.46. The molecule has 3 heterocycles. The molecule has 1 amide bonds. The number of anilines is 1. The second-order valence-electron chi connectivity index (χ2n) is 12.2. The Morgan fingerprint density at radius 3 is 2.53 bits per heavy atom. The van der Waals surface area contributed by atoms with Gasteiger partial charge >= 0.3 is 16.3 Å². The lowest BCUT2D eigenvalue weighted by Crippen LogP contribution is -2.47. The summed E-state index contributed by atoms with van der Waals surface area (Å²) in [5, 5.41) is 6.34. The van der Waals surface area contributed by atoms with Crippen LogP contribution in [0.3, 0.4) is 0 Å². The van der Waals surface area contributed by atoms with Crippen molar-refractivity contribution in [3.8, 4) is 11.5 Å². The van der Waals surface area contributed by atoms with Crippen molar-refractivity contribution in [1.82, 2.24) is 9.29 Å². The Bertz CT molecular complexity index is 1340. The Balaban J connectivity index is 1.40. The number of amides is 1. The number of carbonyl (C=O) groups excluding carboxylic acids is 1. The van der Waals surface area contributed by atoms with Crippen LogP contribution in [0.15, 0.2) is 24.4 Å². The molecule has 2 aromatic rings. The van der Waals surface area contributed by atoms with E-state index in [0.29, 0.717) is 29.0 Å². The molecule has 2 aliphatic heterocycles. The number of benzene rings is 1. The van der Waals surface area contributed by atoms with Gasteiger partial charge in [-0.15, -0.1) is 0 Å². The van der Waals surface area contributed by atoms with E-state index in [1.165, 1.54) is 0 Å². The first kappa shape index (κ1) is 33.0. The van der Waals surface area contributed by atoms with Crippen LogP contribution < -0.4 is 19.5 Å². The number of pyridine rings is 1. The average molecular weight is 623 g/mol. The highest BCUT2D eigenvalue weighted by Crippen LogP contribution is 2.38. The summed E-state index contributed by atoms with van der Waals surface area (Å²) < 4.78 is 53.5. The SMILES string of the molecule is COc1cc2nccc(N3CCC(C(C)CN(C(=O)OC(C)(C)C)S(N)(=O)=O)CC3)c2cc1OCCOC1CCCCO1. The minimum atomic E-state index is -4.27. The van der Waals surface area contributed by atoms with Crippen LogP contribution >= 0.6 is 0 Å². The molecular formula is C30H46N4O8S. The van der Waals surface area contributed by atoms with Crippen LogP contribution in [0.4, 0.5) is 10.5 Å². The van der Waals surface area contributed by atoms with Crippen LogP contribution in [0.5, 0.6) is 11.5 Å². The Hall–Kier alpha value is -2.87. The minimum absolute atomic E-state index is 0.0340. The van der Waals surface area contributed by atoms with Gasteiger partial charge in [0.1, 0.15) is 12.2 Å². The first-order chi connectivity index (χ1) is 20.4. The van der Waals surface area contributed by atoms with E-state index in [0.717, 1.165) is 68.4 Å². The fourth-order valence-corrected chi connectivity index (χ4v) is 6.26. The standard InChI is InChI=1S/C30H46N4O8S/c1-21(20-34(43(31,36)37)29(35)42-30(2,3)4)22-10-13-33(14-11-22)25-9-12-32-24-19-26(38-5)27(18-23(24)25)39-16-17-41-28-8-6-7-15-40-28/h9,12,18-19,21-22,28H,6-8,10-11,13-17,20H2,1-5H3,(H2,31,36,37). The van der Waals surface area contributed by atoms with E-state index in [1.807, 2.05) is 25.1 Å². The topological polar surface area (TPSA) is 143 Å². The molecule has 2 aliphatic rings. The van der Waals surface area contributed by atoms with Gasteiger partial charge in [0.25, 0.3) is 0 Å². The van der Waals surface area contributed by atoms with Gasteiger partial charge in [0, 0.05) is 49.6 Å². The van der Waals surface area contributed by atoms with E-state index in [2.05, 4.69) is 9.88 Å². The molecule has 2 fully saturated rings. The van der Waals surface area contributed by atoms with E-state index in [9.17, 15) is 13.2 Å².